The second-order valence-electron chi connectivity index (χ2n) is 3.88. The van der Waals surface area contributed by atoms with Crippen molar-refractivity contribution >= 4 is 11.6 Å². The molecule has 1 aromatic heterocycles. The Bertz CT molecular complexity index is 271. The van der Waals surface area contributed by atoms with E-state index >= 15 is 0 Å². The smallest absolute Gasteiger partial charge is 0.150 e. The van der Waals surface area contributed by atoms with Crippen molar-refractivity contribution in [2.45, 2.75) is 39.7 Å². The molecule has 1 rings (SSSR count). The van der Waals surface area contributed by atoms with Crippen LogP contribution in [0.2, 0.25) is 5.15 Å². The lowest BCUT2D eigenvalue weighted by atomic mass is 10.1. The third kappa shape index (κ3) is 1.63. The molecule has 0 atom stereocenters. The first-order chi connectivity index (χ1) is 5.46. The Morgan fingerprint density at radius 2 is 2.08 bits per heavy atom. The number of nitrogens with zero attached hydrogens (tertiary/aromatic N) is 2. The largest absolute Gasteiger partial charge is 0.328 e. The van der Waals surface area contributed by atoms with Gasteiger partial charge in [-0.2, -0.15) is 0 Å². The van der Waals surface area contributed by atoms with Crippen LogP contribution in [0.3, 0.4) is 0 Å². The average molecular weight is 187 g/mol. The number of halogens is 1. The molecule has 2 nitrogen and oxygen atoms in total. The van der Waals surface area contributed by atoms with Crippen molar-refractivity contribution in [3.63, 3.8) is 0 Å². The van der Waals surface area contributed by atoms with Crippen LogP contribution >= 0.6 is 11.6 Å². The van der Waals surface area contributed by atoms with Gasteiger partial charge >= 0.3 is 0 Å². The molecule has 0 unspecified atom stereocenters. The predicted octanol–water partition coefficient (Wildman–Crippen LogP) is 2.85. The number of hydrogen-bond donors (Lipinski definition) is 0. The molecule has 0 aromatic carbocycles. The zero-order valence-corrected chi connectivity index (χ0v) is 8.81. The first-order valence-electron chi connectivity index (χ1n) is 4.19. The van der Waals surface area contributed by atoms with E-state index in [9.17, 15) is 0 Å². The Morgan fingerprint density at radius 3 is 2.42 bits per heavy atom. The van der Waals surface area contributed by atoms with Crippen molar-refractivity contribution in [1.82, 2.24) is 9.55 Å². The molecule has 0 saturated heterocycles. The second-order valence-corrected chi connectivity index (χ2v) is 4.23. The number of hydrogen-bond acceptors (Lipinski definition) is 1. The fourth-order valence-electron chi connectivity index (χ4n) is 1.25. The summed E-state index contributed by atoms with van der Waals surface area (Å²) in [5.41, 5.74) is 1.19. The second kappa shape index (κ2) is 3.09. The molecular formula is C9H15ClN2. The van der Waals surface area contributed by atoms with Crippen LogP contribution in [0.25, 0.3) is 0 Å². The Hall–Kier alpha value is -0.500. The normalized spacial score (nSPS) is 12.1. The van der Waals surface area contributed by atoms with Crippen LogP contribution in [-0.4, -0.2) is 9.55 Å². The molecule has 0 aliphatic heterocycles. The van der Waals surface area contributed by atoms with Crippen LogP contribution in [0, 0.1) is 0 Å². The quantitative estimate of drug-likeness (QED) is 0.660. The summed E-state index contributed by atoms with van der Waals surface area (Å²) in [5.74, 6) is 0. The molecule has 0 fully saturated rings. The molecule has 0 saturated carbocycles. The standard InChI is InChI=1S/C9H15ClN2/c1-5-7-8(10)11-6-12(7)9(2,3)4/h6H,5H2,1-4H3. The van der Waals surface area contributed by atoms with Crippen LogP contribution in [0.5, 0.6) is 0 Å². The van der Waals surface area contributed by atoms with Crippen LogP contribution in [0.15, 0.2) is 6.33 Å². The lowest BCUT2D eigenvalue weighted by Gasteiger charge is -2.23. The monoisotopic (exact) mass is 186 g/mol. The Labute approximate surface area is 78.6 Å². The lowest BCUT2D eigenvalue weighted by Crippen LogP contribution is -2.22. The van der Waals surface area contributed by atoms with E-state index in [0.717, 1.165) is 12.1 Å². The molecule has 0 spiro atoms. The van der Waals surface area contributed by atoms with Gasteiger partial charge in [0.25, 0.3) is 0 Å². The summed E-state index contributed by atoms with van der Waals surface area (Å²) in [4.78, 5) is 4.08. The summed E-state index contributed by atoms with van der Waals surface area (Å²) in [6.07, 6.45) is 2.73. The minimum absolute atomic E-state index is 0.0749. The van der Waals surface area contributed by atoms with Crippen LogP contribution in [0.1, 0.15) is 33.4 Å². The summed E-state index contributed by atoms with van der Waals surface area (Å²) >= 11 is 5.92. The molecule has 0 N–H and O–H groups in total. The molecule has 12 heavy (non-hydrogen) atoms. The maximum atomic E-state index is 5.92. The molecule has 1 aromatic rings. The zero-order chi connectivity index (χ0) is 9.35. The molecule has 68 valence electrons. The Morgan fingerprint density at radius 1 is 1.50 bits per heavy atom. The first kappa shape index (κ1) is 9.59. The van der Waals surface area contributed by atoms with Gasteiger partial charge in [-0.15, -0.1) is 0 Å². The van der Waals surface area contributed by atoms with Gasteiger partial charge in [-0.1, -0.05) is 18.5 Å². The van der Waals surface area contributed by atoms with Gasteiger partial charge < -0.3 is 4.57 Å². The van der Waals surface area contributed by atoms with Gasteiger partial charge in [-0.05, 0) is 27.2 Å². The van der Waals surface area contributed by atoms with E-state index in [1.165, 1.54) is 0 Å². The summed E-state index contributed by atoms with van der Waals surface area (Å²) in [6.45, 7) is 8.52. The maximum Gasteiger partial charge on any atom is 0.150 e. The van der Waals surface area contributed by atoms with Gasteiger partial charge in [0.1, 0.15) is 5.15 Å². The van der Waals surface area contributed by atoms with E-state index in [2.05, 4.69) is 37.2 Å². The summed E-state index contributed by atoms with van der Waals surface area (Å²) < 4.78 is 2.12. The van der Waals surface area contributed by atoms with Gasteiger partial charge in [-0.25, -0.2) is 4.98 Å². The van der Waals surface area contributed by atoms with Crippen molar-refractivity contribution in [3.05, 3.63) is 17.2 Å². The number of rotatable bonds is 1. The first-order valence-corrected chi connectivity index (χ1v) is 4.56. The van der Waals surface area contributed by atoms with Crippen molar-refractivity contribution in [2.75, 3.05) is 0 Å². The van der Waals surface area contributed by atoms with Crippen molar-refractivity contribution in [2.24, 2.45) is 0 Å². The third-order valence-electron chi connectivity index (χ3n) is 1.87. The molecule has 0 bridgehead atoms. The topological polar surface area (TPSA) is 17.8 Å². The van der Waals surface area contributed by atoms with Crippen LogP contribution in [0.4, 0.5) is 0 Å². The summed E-state index contributed by atoms with van der Waals surface area (Å²) in [7, 11) is 0. The van der Waals surface area contributed by atoms with Crippen molar-refractivity contribution in [3.8, 4) is 0 Å². The van der Waals surface area contributed by atoms with E-state index in [0.29, 0.717) is 5.15 Å². The lowest BCUT2D eigenvalue weighted by molar-refractivity contribution is 0.385. The van der Waals surface area contributed by atoms with Crippen LogP contribution in [-0.2, 0) is 12.0 Å². The highest BCUT2D eigenvalue weighted by molar-refractivity contribution is 6.30. The van der Waals surface area contributed by atoms with Gasteiger partial charge in [-0.3, -0.25) is 0 Å². The molecule has 1 heterocycles. The highest BCUT2D eigenvalue weighted by Crippen LogP contribution is 2.22. The highest BCUT2D eigenvalue weighted by atomic mass is 35.5. The minimum Gasteiger partial charge on any atom is -0.328 e. The number of imidazole rings is 1. The molecule has 0 radical (unpaired) electrons. The maximum absolute atomic E-state index is 5.92. The van der Waals surface area contributed by atoms with Gasteiger partial charge in [0.15, 0.2) is 0 Å². The van der Waals surface area contributed by atoms with E-state index in [4.69, 9.17) is 11.6 Å². The highest BCUT2D eigenvalue weighted by Gasteiger charge is 2.17. The van der Waals surface area contributed by atoms with Gasteiger partial charge in [0.2, 0.25) is 0 Å². The summed E-state index contributed by atoms with van der Waals surface area (Å²) in [6, 6.07) is 0. The van der Waals surface area contributed by atoms with E-state index in [-0.39, 0.29) is 5.54 Å². The van der Waals surface area contributed by atoms with E-state index < -0.39 is 0 Å². The van der Waals surface area contributed by atoms with Crippen LogP contribution < -0.4 is 0 Å². The van der Waals surface area contributed by atoms with E-state index in [1.807, 2.05) is 0 Å². The molecule has 0 amide bonds. The fraction of sp³-hybridized carbons (Fsp3) is 0.667. The zero-order valence-electron chi connectivity index (χ0n) is 8.06. The molecule has 3 heteroatoms. The Kier molecular flexibility index (Phi) is 2.47. The molecule has 0 aliphatic rings. The van der Waals surface area contributed by atoms with Gasteiger partial charge in [0.05, 0.1) is 12.0 Å². The molecule has 0 aliphatic carbocycles. The number of aromatic nitrogens is 2. The average Bonchev–Trinajstić information content (AvgIpc) is 2.29. The summed E-state index contributed by atoms with van der Waals surface area (Å²) in [5, 5.41) is 0.632. The Balaban J connectivity index is 3.16. The fourth-order valence-corrected chi connectivity index (χ4v) is 1.51. The van der Waals surface area contributed by atoms with E-state index in [1.54, 1.807) is 6.33 Å². The van der Waals surface area contributed by atoms with Gasteiger partial charge in [0, 0.05) is 5.54 Å². The molecular weight excluding hydrogens is 172 g/mol. The SMILES string of the molecule is CCc1c(Cl)ncn1C(C)(C)C. The van der Waals surface area contributed by atoms with Crippen molar-refractivity contribution < 1.29 is 0 Å². The van der Waals surface area contributed by atoms with Crippen molar-refractivity contribution in [1.29, 1.82) is 0 Å². The minimum atomic E-state index is 0.0749. The predicted molar refractivity (Wildman–Crippen MR) is 51.6 cm³/mol. The third-order valence-corrected chi connectivity index (χ3v) is 2.19.